The fourth-order valence-corrected chi connectivity index (χ4v) is 9.16. The predicted molar refractivity (Wildman–Crippen MR) is 208 cm³/mol. The van der Waals surface area contributed by atoms with Crippen molar-refractivity contribution in [2.75, 3.05) is 0 Å². The van der Waals surface area contributed by atoms with Gasteiger partial charge in [0.25, 0.3) is 0 Å². The van der Waals surface area contributed by atoms with Crippen LogP contribution in [0.25, 0.3) is 108 Å². The van der Waals surface area contributed by atoms with Crippen LogP contribution >= 0.6 is 11.3 Å². The monoisotopic (exact) mass is 642 g/mol. The average Bonchev–Trinajstić information content (AvgIpc) is 3.86. The van der Waals surface area contributed by atoms with Gasteiger partial charge in [-0.3, -0.25) is 0 Å². The molecule has 3 heteroatoms. The van der Waals surface area contributed by atoms with Crippen molar-refractivity contribution in [3.8, 4) is 33.4 Å². The SMILES string of the molecule is c1ccc(-c2coc3ccc4oc5cc(-c6c7ccccc7c(-c7ccc8c(c7)sc7ccccc78)c7ccccc67)ccc5c4c23)cc1. The Bertz CT molecular complexity index is 3050. The zero-order valence-electron chi connectivity index (χ0n) is 26.2. The van der Waals surface area contributed by atoms with E-state index >= 15 is 0 Å². The number of hydrogen-bond donors (Lipinski definition) is 0. The molecule has 8 aromatic carbocycles. The molecule has 11 rings (SSSR count). The summed E-state index contributed by atoms with van der Waals surface area (Å²) in [4.78, 5) is 0. The van der Waals surface area contributed by atoms with Crippen molar-refractivity contribution in [1.29, 1.82) is 0 Å². The third-order valence-corrected chi connectivity index (χ3v) is 11.3. The van der Waals surface area contributed by atoms with Gasteiger partial charge in [-0.15, -0.1) is 11.3 Å². The highest BCUT2D eigenvalue weighted by Crippen LogP contribution is 2.47. The van der Waals surface area contributed by atoms with Gasteiger partial charge in [0.1, 0.15) is 16.7 Å². The molecule has 3 heterocycles. The molecule has 0 saturated heterocycles. The summed E-state index contributed by atoms with van der Waals surface area (Å²) in [5.74, 6) is 0. The van der Waals surface area contributed by atoms with Crippen LogP contribution < -0.4 is 0 Å². The van der Waals surface area contributed by atoms with Gasteiger partial charge in [0.2, 0.25) is 0 Å². The van der Waals surface area contributed by atoms with Gasteiger partial charge in [-0.2, -0.15) is 0 Å². The van der Waals surface area contributed by atoms with E-state index in [9.17, 15) is 0 Å². The number of furan rings is 2. The first-order valence-corrected chi connectivity index (χ1v) is 17.4. The van der Waals surface area contributed by atoms with E-state index in [1.54, 1.807) is 0 Å². The van der Waals surface area contributed by atoms with E-state index in [4.69, 9.17) is 8.83 Å². The molecule has 3 aromatic heterocycles. The maximum atomic E-state index is 6.63. The van der Waals surface area contributed by atoms with E-state index in [0.717, 1.165) is 49.6 Å². The molecule has 0 aliphatic rings. The van der Waals surface area contributed by atoms with E-state index in [2.05, 4.69) is 133 Å². The Hall–Kier alpha value is -6.16. The van der Waals surface area contributed by atoms with Gasteiger partial charge in [-0.05, 0) is 85.8 Å². The second-order valence-electron chi connectivity index (χ2n) is 12.8. The lowest BCUT2D eigenvalue weighted by atomic mass is 9.85. The third kappa shape index (κ3) is 3.88. The van der Waals surface area contributed by atoms with E-state index in [1.807, 2.05) is 35.8 Å². The van der Waals surface area contributed by atoms with Gasteiger partial charge in [0.05, 0.1) is 6.26 Å². The van der Waals surface area contributed by atoms with Crippen LogP contribution in [0.15, 0.2) is 167 Å². The molecular formula is C46H26O2S. The van der Waals surface area contributed by atoms with Gasteiger partial charge in [-0.1, -0.05) is 115 Å². The topological polar surface area (TPSA) is 26.3 Å². The molecule has 0 fully saturated rings. The van der Waals surface area contributed by atoms with E-state index < -0.39 is 0 Å². The van der Waals surface area contributed by atoms with Gasteiger partial charge >= 0.3 is 0 Å². The summed E-state index contributed by atoms with van der Waals surface area (Å²) in [6, 6.07) is 54.6. The molecule has 0 unspecified atom stereocenters. The zero-order valence-corrected chi connectivity index (χ0v) is 27.1. The molecule has 0 saturated carbocycles. The maximum absolute atomic E-state index is 6.63. The minimum atomic E-state index is 0.861. The molecule has 0 radical (unpaired) electrons. The summed E-state index contributed by atoms with van der Waals surface area (Å²) in [5.41, 5.74) is 9.67. The lowest BCUT2D eigenvalue weighted by Crippen LogP contribution is -1.90. The summed E-state index contributed by atoms with van der Waals surface area (Å²) in [7, 11) is 0. The number of benzene rings is 8. The number of thiophene rings is 1. The van der Waals surface area contributed by atoms with Crippen LogP contribution in [0, 0.1) is 0 Å². The minimum Gasteiger partial charge on any atom is -0.464 e. The van der Waals surface area contributed by atoms with Crippen LogP contribution in [0.4, 0.5) is 0 Å². The summed E-state index contributed by atoms with van der Waals surface area (Å²) >= 11 is 1.87. The Morgan fingerprint density at radius 2 is 0.939 bits per heavy atom. The molecule has 0 spiro atoms. The molecule has 0 amide bonds. The third-order valence-electron chi connectivity index (χ3n) is 10.1. The molecule has 49 heavy (non-hydrogen) atoms. The van der Waals surface area contributed by atoms with Crippen LogP contribution in [0.5, 0.6) is 0 Å². The Morgan fingerprint density at radius 3 is 1.65 bits per heavy atom. The summed E-state index contributed by atoms with van der Waals surface area (Å²) < 4.78 is 15.3. The first-order chi connectivity index (χ1) is 24.3. The van der Waals surface area contributed by atoms with Crippen molar-refractivity contribution in [3.63, 3.8) is 0 Å². The molecule has 0 aliphatic carbocycles. The Kier molecular flexibility index (Phi) is 5.57. The van der Waals surface area contributed by atoms with Crippen molar-refractivity contribution in [2.45, 2.75) is 0 Å². The highest BCUT2D eigenvalue weighted by Gasteiger charge is 2.20. The fourth-order valence-electron chi connectivity index (χ4n) is 8.01. The molecular weight excluding hydrogens is 617 g/mol. The Labute approximate surface area is 285 Å². The first kappa shape index (κ1) is 26.9. The fraction of sp³-hybridized carbons (Fsp3) is 0. The lowest BCUT2D eigenvalue weighted by Gasteiger charge is -2.17. The molecule has 11 aromatic rings. The van der Waals surface area contributed by atoms with Gasteiger partial charge in [-0.25, -0.2) is 0 Å². The van der Waals surface area contributed by atoms with Crippen molar-refractivity contribution in [3.05, 3.63) is 158 Å². The van der Waals surface area contributed by atoms with E-state index in [-0.39, 0.29) is 0 Å². The summed E-state index contributed by atoms with van der Waals surface area (Å²) in [6.45, 7) is 0. The number of fused-ring (bicyclic) bond motifs is 10. The molecule has 0 bridgehead atoms. The highest BCUT2D eigenvalue weighted by molar-refractivity contribution is 7.25. The Balaban J connectivity index is 1.16. The van der Waals surface area contributed by atoms with Crippen LogP contribution in [-0.4, -0.2) is 0 Å². The second kappa shape index (κ2) is 10.2. The zero-order chi connectivity index (χ0) is 32.1. The molecule has 0 atom stereocenters. The summed E-state index contributed by atoms with van der Waals surface area (Å²) in [5, 5.41) is 10.9. The Morgan fingerprint density at radius 1 is 0.367 bits per heavy atom. The summed E-state index contributed by atoms with van der Waals surface area (Å²) in [6.07, 6.45) is 1.87. The van der Waals surface area contributed by atoms with Crippen molar-refractivity contribution < 1.29 is 8.83 Å². The molecule has 0 aliphatic heterocycles. The van der Waals surface area contributed by atoms with Crippen molar-refractivity contribution in [1.82, 2.24) is 0 Å². The highest BCUT2D eigenvalue weighted by atomic mass is 32.1. The average molecular weight is 643 g/mol. The maximum Gasteiger partial charge on any atom is 0.136 e. The van der Waals surface area contributed by atoms with Crippen LogP contribution in [0.1, 0.15) is 0 Å². The van der Waals surface area contributed by atoms with Crippen LogP contribution in [0.2, 0.25) is 0 Å². The van der Waals surface area contributed by atoms with Gasteiger partial charge < -0.3 is 8.83 Å². The first-order valence-electron chi connectivity index (χ1n) is 16.6. The minimum absolute atomic E-state index is 0.861. The number of rotatable bonds is 3. The predicted octanol–water partition coefficient (Wildman–Crippen LogP) is 14.0. The number of hydrogen-bond acceptors (Lipinski definition) is 3. The lowest BCUT2D eigenvalue weighted by molar-refractivity contribution is 0.616. The molecule has 228 valence electrons. The molecule has 2 nitrogen and oxygen atoms in total. The molecule has 0 N–H and O–H groups in total. The van der Waals surface area contributed by atoms with E-state index in [1.165, 1.54) is 58.4 Å². The largest absolute Gasteiger partial charge is 0.464 e. The van der Waals surface area contributed by atoms with Crippen molar-refractivity contribution in [2.24, 2.45) is 0 Å². The van der Waals surface area contributed by atoms with Gasteiger partial charge in [0, 0.05) is 41.9 Å². The normalized spacial score (nSPS) is 12.1. The van der Waals surface area contributed by atoms with Gasteiger partial charge in [0.15, 0.2) is 0 Å². The van der Waals surface area contributed by atoms with Crippen LogP contribution in [-0.2, 0) is 0 Å². The second-order valence-corrected chi connectivity index (χ2v) is 13.9. The quantitative estimate of drug-likeness (QED) is 0.179. The smallest absolute Gasteiger partial charge is 0.136 e. The standard InChI is InChI=1S/C46H26O2S/c1-2-10-27(11-3-1)37-26-47-38-22-23-39-45(46(37)38)36-21-19-28(24-40(36)48-39)43-32-13-4-6-15-34(32)44(35-16-7-5-14-33(35)43)29-18-20-31-30-12-8-9-17-41(30)49-42(31)25-29/h1-26H. The van der Waals surface area contributed by atoms with E-state index in [0.29, 0.717) is 0 Å². The van der Waals surface area contributed by atoms with Crippen molar-refractivity contribution >= 4 is 86.0 Å². The van der Waals surface area contributed by atoms with Crippen LogP contribution in [0.3, 0.4) is 0 Å².